The van der Waals surface area contributed by atoms with E-state index in [-0.39, 0.29) is 6.61 Å². The molecule has 1 aromatic rings. The van der Waals surface area contributed by atoms with Gasteiger partial charge in [-0.15, -0.1) is 0 Å². The van der Waals surface area contributed by atoms with Gasteiger partial charge in [0.05, 0.1) is 20.3 Å². The van der Waals surface area contributed by atoms with Gasteiger partial charge in [-0.3, -0.25) is 0 Å². The molecule has 1 aromatic carbocycles. The lowest BCUT2D eigenvalue weighted by Crippen LogP contribution is -2.32. The Bertz CT molecular complexity index is 357. The first-order valence-electron chi connectivity index (χ1n) is 6.41. The van der Waals surface area contributed by atoms with Gasteiger partial charge in [-0.05, 0) is 18.1 Å². The van der Waals surface area contributed by atoms with E-state index in [0.29, 0.717) is 24.8 Å². The van der Waals surface area contributed by atoms with Crippen LogP contribution in [0.15, 0.2) is 24.3 Å². The van der Waals surface area contributed by atoms with E-state index in [2.05, 4.69) is 19.3 Å². The zero-order chi connectivity index (χ0) is 14.1. The molecule has 19 heavy (non-hydrogen) atoms. The molecule has 0 aromatic heterocycles. The Morgan fingerprint density at radius 2 is 1.95 bits per heavy atom. The van der Waals surface area contributed by atoms with Gasteiger partial charge in [-0.25, -0.2) is 0 Å². The molecule has 2 N–H and O–H groups in total. The molecule has 1 unspecified atom stereocenters. The van der Waals surface area contributed by atoms with Crippen molar-refractivity contribution in [1.29, 1.82) is 0 Å². The Kier molecular flexibility index (Phi) is 7.25. The number of aliphatic hydroxyl groups excluding tert-OH is 1. The zero-order valence-electron chi connectivity index (χ0n) is 11.8. The maximum Gasteiger partial charge on any atom is 0.123 e. The molecule has 0 aliphatic rings. The summed E-state index contributed by atoms with van der Waals surface area (Å²) < 4.78 is 10.6. The van der Waals surface area contributed by atoms with Gasteiger partial charge in [0.2, 0.25) is 0 Å². The Morgan fingerprint density at radius 3 is 2.63 bits per heavy atom. The summed E-state index contributed by atoms with van der Waals surface area (Å²) >= 11 is 0. The van der Waals surface area contributed by atoms with Crippen LogP contribution in [0.3, 0.4) is 0 Å². The second-order valence-corrected chi connectivity index (χ2v) is 4.70. The molecule has 0 bridgehead atoms. The third-order valence-corrected chi connectivity index (χ3v) is 2.32. The van der Waals surface area contributed by atoms with E-state index in [1.165, 1.54) is 0 Å². The summed E-state index contributed by atoms with van der Waals surface area (Å²) in [6.45, 7) is 5.26. The van der Waals surface area contributed by atoms with E-state index in [4.69, 9.17) is 14.3 Å². The van der Waals surface area contributed by atoms with Crippen LogP contribution in [0, 0.1) is 5.92 Å². The van der Waals surface area contributed by atoms with Gasteiger partial charge in [0.1, 0.15) is 24.2 Å². The molecule has 0 saturated carbocycles. The second-order valence-electron chi connectivity index (χ2n) is 4.70. The molecule has 0 spiro atoms. The van der Waals surface area contributed by atoms with E-state index in [1.807, 2.05) is 18.2 Å². The van der Waals surface area contributed by atoms with Crippen LogP contribution in [0.5, 0.6) is 11.5 Å². The Hall–Kier alpha value is -1.30. The molecule has 0 amide bonds. The molecule has 0 aliphatic carbocycles. The lowest BCUT2D eigenvalue weighted by Gasteiger charge is -2.14. The Labute approximate surface area is 114 Å². The van der Waals surface area contributed by atoms with E-state index in [1.54, 1.807) is 13.2 Å². The first-order valence-corrected chi connectivity index (χ1v) is 6.41. The van der Waals surface area contributed by atoms with Crippen molar-refractivity contribution in [3.63, 3.8) is 0 Å². The Morgan fingerprint density at radius 1 is 1.21 bits per heavy atom. The maximum atomic E-state index is 9.70. The summed E-state index contributed by atoms with van der Waals surface area (Å²) in [5.41, 5.74) is 2.72. The number of rotatable bonds is 9. The van der Waals surface area contributed by atoms with E-state index in [9.17, 15) is 5.11 Å². The van der Waals surface area contributed by atoms with Crippen LogP contribution < -0.4 is 15.0 Å². The number of hydrogen-bond donors (Lipinski definition) is 2. The summed E-state index contributed by atoms with van der Waals surface area (Å²) in [6.07, 6.45) is -0.627. The van der Waals surface area contributed by atoms with Crippen molar-refractivity contribution >= 4 is 0 Å². The first-order chi connectivity index (χ1) is 9.11. The van der Waals surface area contributed by atoms with Gasteiger partial charge in [0, 0.05) is 6.07 Å². The molecule has 1 atom stereocenters. The minimum absolute atomic E-state index is 0.200. The lowest BCUT2D eigenvalue weighted by atomic mass is 10.2. The van der Waals surface area contributed by atoms with Gasteiger partial charge in [-0.2, -0.15) is 5.48 Å². The average Bonchev–Trinajstić information content (AvgIpc) is 2.41. The molecule has 108 valence electrons. The zero-order valence-corrected chi connectivity index (χ0v) is 11.8. The number of ether oxygens (including phenoxy) is 2. The summed E-state index contributed by atoms with van der Waals surface area (Å²) in [4.78, 5) is 5.17. The highest BCUT2D eigenvalue weighted by Gasteiger charge is 2.06. The number of hydroxylamine groups is 1. The minimum atomic E-state index is -0.627. The predicted octanol–water partition coefficient (Wildman–Crippen LogP) is 1.61. The number of hydrogen-bond acceptors (Lipinski definition) is 5. The largest absolute Gasteiger partial charge is 0.497 e. The topological polar surface area (TPSA) is 60.0 Å². The van der Waals surface area contributed by atoms with Crippen LogP contribution in [0.1, 0.15) is 13.8 Å². The number of methoxy groups -OCH3 is 1. The lowest BCUT2D eigenvalue weighted by molar-refractivity contribution is -0.00774. The SMILES string of the molecule is COc1cccc(OCC(O)CNOCC(C)C)c1. The van der Waals surface area contributed by atoms with E-state index in [0.717, 1.165) is 5.75 Å². The van der Waals surface area contributed by atoms with Crippen LogP contribution in [-0.4, -0.2) is 38.1 Å². The fraction of sp³-hybridized carbons (Fsp3) is 0.571. The number of nitrogens with one attached hydrogen (secondary N) is 1. The van der Waals surface area contributed by atoms with E-state index < -0.39 is 6.10 Å². The summed E-state index contributed by atoms with van der Waals surface area (Å²) in [5, 5.41) is 9.70. The van der Waals surface area contributed by atoms with Crippen molar-refractivity contribution in [1.82, 2.24) is 5.48 Å². The average molecular weight is 269 g/mol. The second kappa shape index (κ2) is 8.74. The van der Waals surface area contributed by atoms with Crippen molar-refractivity contribution in [3.05, 3.63) is 24.3 Å². The van der Waals surface area contributed by atoms with Crippen LogP contribution in [-0.2, 0) is 4.84 Å². The number of benzene rings is 1. The maximum absolute atomic E-state index is 9.70. The Balaban J connectivity index is 2.20. The highest BCUT2D eigenvalue weighted by molar-refractivity contribution is 5.32. The quantitative estimate of drug-likeness (QED) is 0.527. The minimum Gasteiger partial charge on any atom is -0.497 e. The molecular weight excluding hydrogens is 246 g/mol. The van der Waals surface area contributed by atoms with Gasteiger partial charge >= 0.3 is 0 Å². The molecule has 5 heteroatoms. The highest BCUT2D eigenvalue weighted by Crippen LogP contribution is 2.18. The number of aliphatic hydroxyl groups is 1. The molecule has 0 radical (unpaired) electrons. The highest BCUT2D eigenvalue weighted by atomic mass is 16.6. The summed E-state index contributed by atoms with van der Waals surface area (Å²) in [5.74, 6) is 1.85. The van der Waals surface area contributed by atoms with Crippen molar-refractivity contribution in [2.45, 2.75) is 20.0 Å². The summed E-state index contributed by atoms with van der Waals surface area (Å²) in [7, 11) is 1.60. The van der Waals surface area contributed by atoms with Crippen LogP contribution in [0.4, 0.5) is 0 Å². The van der Waals surface area contributed by atoms with Gasteiger partial charge in [0.15, 0.2) is 0 Å². The van der Waals surface area contributed by atoms with Crippen molar-refractivity contribution in [2.24, 2.45) is 5.92 Å². The molecule has 0 fully saturated rings. The standard InChI is InChI=1S/C14H23NO4/c1-11(2)9-19-15-8-12(16)10-18-14-6-4-5-13(7-14)17-3/h4-7,11-12,15-16H,8-10H2,1-3H3. The van der Waals surface area contributed by atoms with Crippen molar-refractivity contribution in [2.75, 3.05) is 26.9 Å². The first kappa shape index (κ1) is 15.8. The third kappa shape index (κ3) is 7.00. The molecule has 5 nitrogen and oxygen atoms in total. The van der Waals surface area contributed by atoms with Crippen LogP contribution >= 0.6 is 0 Å². The van der Waals surface area contributed by atoms with E-state index >= 15 is 0 Å². The molecule has 0 saturated heterocycles. The molecular formula is C14H23NO4. The molecule has 0 aliphatic heterocycles. The smallest absolute Gasteiger partial charge is 0.123 e. The van der Waals surface area contributed by atoms with Gasteiger partial charge in [-0.1, -0.05) is 19.9 Å². The molecule has 1 rings (SSSR count). The third-order valence-electron chi connectivity index (χ3n) is 2.32. The van der Waals surface area contributed by atoms with Gasteiger partial charge in [0.25, 0.3) is 0 Å². The fourth-order valence-corrected chi connectivity index (χ4v) is 1.32. The van der Waals surface area contributed by atoms with Gasteiger partial charge < -0.3 is 19.4 Å². The molecule has 0 heterocycles. The summed E-state index contributed by atoms with van der Waals surface area (Å²) in [6, 6.07) is 7.27. The fourth-order valence-electron chi connectivity index (χ4n) is 1.32. The monoisotopic (exact) mass is 269 g/mol. The van der Waals surface area contributed by atoms with Crippen molar-refractivity contribution < 1.29 is 19.4 Å². The van der Waals surface area contributed by atoms with Crippen LogP contribution in [0.25, 0.3) is 0 Å². The normalized spacial score (nSPS) is 12.5. The van der Waals surface area contributed by atoms with Crippen molar-refractivity contribution in [3.8, 4) is 11.5 Å². The predicted molar refractivity (Wildman–Crippen MR) is 73.3 cm³/mol. The van der Waals surface area contributed by atoms with Crippen LogP contribution in [0.2, 0.25) is 0 Å².